The first kappa shape index (κ1) is 35.1. The number of amides is 5. The summed E-state index contributed by atoms with van der Waals surface area (Å²) in [6.45, 7) is 2.48. The predicted octanol–water partition coefficient (Wildman–Crippen LogP) is 0.924. The fourth-order valence-electron chi connectivity index (χ4n) is 5.75. The second-order valence-corrected chi connectivity index (χ2v) is 12.0. The number of aromatic nitrogens is 2. The van der Waals surface area contributed by atoms with E-state index in [1.807, 2.05) is 0 Å². The van der Waals surface area contributed by atoms with Crippen molar-refractivity contribution in [3.63, 3.8) is 0 Å². The molecule has 17 heteroatoms. The van der Waals surface area contributed by atoms with Crippen molar-refractivity contribution in [3.8, 4) is 11.6 Å². The molecule has 3 aliphatic rings. The zero-order valence-electron chi connectivity index (χ0n) is 27.1. The second kappa shape index (κ2) is 15.8. The van der Waals surface area contributed by atoms with Crippen LogP contribution in [-0.4, -0.2) is 129 Å². The molecule has 2 saturated heterocycles. The number of carboxylic acids is 1. The van der Waals surface area contributed by atoms with Crippen molar-refractivity contribution in [2.24, 2.45) is 0 Å². The number of piperazine rings is 1. The number of rotatable bonds is 13. The van der Waals surface area contributed by atoms with Crippen LogP contribution in [0.15, 0.2) is 30.3 Å². The van der Waals surface area contributed by atoms with E-state index in [0.29, 0.717) is 19.4 Å². The minimum Gasteiger partial charge on any atom is -0.481 e. The summed E-state index contributed by atoms with van der Waals surface area (Å²) in [5.41, 5.74) is -0.0582. The van der Waals surface area contributed by atoms with Crippen LogP contribution < -0.4 is 15.4 Å². The number of carbonyl (C=O) groups excluding carboxylic acids is 5. The van der Waals surface area contributed by atoms with Gasteiger partial charge in [-0.25, -0.2) is 13.9 Å². The number of ether oxygens (including phenoxy) is 2. The Labute approximate surface area is 281 Å². The lowest BCUT2D eigenvalue weighted by Gasteiger charge is -2.35. The quantitative estimate of drug-likeness (QED) is 0.273. The number of hydrogen-bond acceptors (Lipinski definition) is 9. The van der Waals surface area contributed by atoms with E-state index in [4.69, 9.17) is 9.47 Å². The van der Waals surface area contributed by atoms with Gasteiger partial charge in [0.15, 0.2) is 12.3 Å². The van der Waals surface area contributed by atoms with E-state index in [-0.39, 0.29) is 68.4 Å². The largest absolute Gasteiger partial charge is 0.481 e. The number of benzene rings is 1. The van der Waals surface area contributed by atoms with Crippen molar-refractivity contribution < 1.29 is 47.7 Å². The standard InChI is InChI=1S/C32H40FN7O9/c1-2-48-32(47)38-15-13-37(14-16-38)31(46)23(10-11-28(42)43)35-29(44)24-18-27(40(36-24)22-6-3-5-20(33)17-22)49-19-26(41)39-12-4-7-25(39)30(45)34-21-8-9-21/h3,5-6,17-18,21,23,25H,2,4,7-16,19H2,1H3,(H,34,45)(H,35,44)(H,42,43)/t23-,25-/m0/s1. The number of hydrogen-bond donors (Lipinski definition) is 3. The summed E-state index contributed by atoms with van der Waals surface area (Å²) in [7, 11) is 0. The lowest BCUT2D eigenvalue weighted by atomic mass is 10.1. The first-order chi connectivity index (χ1) is 23.5. The number of carbonyl (C=O) groups is 6. The molecule has 1 saturated carbocycles. The Bertz CT molecular complexity index is 1570. The van der Waals surface area contributed by atoms with Gasteiger partial charge < -0.3 is 39.9 Å². The minimum absolute atomic E-state index is 0.0780. The first-order valence-corrected chi connectivity index (χ1v) is 16.4. The van der Waals surface area contributed by atoms with Gasteiger partial charge in [0.2, 0.25) is 17.7 Å². The Hall–Kier alpha value is -5.22. The van der Waals surface area contributed by atoms with Crippen LogP contribution in [0.3, 0.4) is 0 Å². The summed E-state index contributed by atoms with van der Waals surface area (Å²) in [5.74, 6) is -3.86. The summed E-state index contributed by atoms with van der Waals surface area (Å²) in [6.07, 6.45) is 1.88. The van der Waals surface area contributed by atoms with Crippen LogP contribution in [0.4, 0.5) is 9.18 Å². The number of aliphatic carboxylic acids is 1. The normalized spacial score (nSPS) is 18.1. The van der Waals surface area contributed by atoms with Crippen LogP contribution in [-0.2, 0) is 23.9 Å². The molecule has 264 valence electrons. The predicted molar refractivity (Wildman–Crippen MR) is 168 cm³/mol. The number of nitrogens with one attached hydrogen (secondary N) is 2. The van der Waals surface area contributed by atoms with Crippen LogP contribution in [0.5, 0.6) is 5.88 Å². The van der Waals surface area contributed by atoms with Crippen LogP contribution in [0, 0.1) is 5.82 Å². The molecular weight excluding hydrogens is 645 g/mol. The van der Waals surface area contributed by atoms with Gasteiger partial charge in [-0.1, -0.05) is 6.07 Å². The average molecular weight is 686 g/mol. The van der Waals surface area contributed by atoms with Crippen LogP contribution in [0.1, 0.15) is 55.9 Å². The van der Waals surface area contributed by atoms with E-state index >= 15 is 0 Å². The fraction of sp³-hybridized carbons (Fsp3) is 0.531. The van der Waals surface area contributed by atoms with E-state index in [1.165, 1.54) is 39.0 Å². The highest BCUT2D eigenvalue weighted by Crippen LogP contribution is 2.24. The minimum atomic E-state index is -1.24. The molecule has 0 bridgehead atoms. The van der Waals surface area contributed by atoms with Gasteiger partial charge in [-0.15, -0.1) is 0 Å². The lowest BCUT2D eigenvalue weighted by Crippen LogP contribution is -2.56. The van der Waals surface area contributed by atoms with Crippen molar-refractivity contribution in [2.75, 3.05) is 45.9 Å². The molecule has 3 fully saturated rings. The van der Waals surface area contributed by atoms with Crippen LogP contribution in [0.25, 0.3) is 5.69 Å². The molecule has 3 N–H and O–H groups in total. The molecule has 49 heavy (non-hydrogen) atoms. The third-order valence-electron chi connectivity index (χ3n) is 8.47. The molecule has 5 amide bonds. The Morgan fingerprint density at radius 2 is 1.76 bits per heavy atom. The van der Waals surface area contributed by atoms with Gasteiger partial charge in [-0.05, 0) is 57.2 Å². The van der Waals surface area contributed by atoms with Gasteiger partial charge in [0, 0.05) is 51.3 Å². The third-order valence-corrected chi connectivity index (χ3v) is 8.47. The third kappa shape index (κ3) is 9.03. The molecule has 0 radical (unpaired) electrons. The summed E-state index contributed by atoms with van der Waals surface area (Å²) in [6, 6.07) is 4.83. The van der Waals surface area contributed by atoms with E-state index in [1.54, 1.807) is 6.92 Å². The molecule has 2 atom stereocenters. The number of carboxylic acid groups (broad SMARTS) is 1. The molecule has 2 aromatic rings. The van der Waals surface area contributed by atoms with Gasteiger partial charge in [-0.3, -0.25) is 24.0 Å². The van der Waals surface area contributed by atoms with Crippen LogP contribution in [0.2, 0.25) is 0 Å². The van der Waals surface area contributed by atoms with Crippen molar-refractivity contribution in [1.29, 1.82) is 0 Å². The Kier molecular flexibility index (Phi) is 11.3. The molecule has 3 heterocycles. The van der Waals surface area contributed by atoms with Gasteiger partial charge in [-0.2, -0.15) is 5.10 Å². The summed E-state index contributed by atoms with van der Waals surface area (Å²) in [4.78, 5) is 80.7. The Balaban J connectivity index is 1.30. The van der Waals surface area contributed by atoms with E-state index < -0.39 is 60.7 Å². The smallest absolute Gasteiger partial charge is 0.409 e. The molecule has 0 spiro atoms. The molecule has 16 nitrogen and oxygen atoms in total. The van der Waals surface area contributed by atoms with Gasteiger partial charge in [0.1, 0.15) is 17.9 Å². The summed E-state index contributed by atoms with van der Waals surface area (Å²) >= 11 is 0. The SMILES string of the molecule is CCOC(=O)N1CCN(C(=O)[C@H](CCC(=O)O)NC(=O)c2cc(OCC(=O)N3CCC[C@H]3C(=O)NC3CC3)n(-c3cccc(F)c3)n2)CC1. The maximum absolute atomic E-state index is 14.2. The highest BCUT2D eigenvalue weighted by atomic mass is 19.1. The first-order valence-electron chi connectivity index (χ1n) is 16.4. The lowest BCUT2D eigenvalue weighted by molar-refractivity contribution is -0.140. The summed E-state index contributed by atoms with van der Waals surface area (Å²) in [5, 5.41) is 19.1. The van der Waals surface area contributed by atoms with Crippen molar-refractivity contribution in [2.45, 2.75) is 63.6 Å². The number of likely N-dealkylation sites (tertiary alicyclic amines) is 1. The highest BCUT2D eigenvalue weighted by Gasteiger charge is 2.37. The molecule has 1 aliphatic carbocycles. The zero-order chi connectivity index (χ0) is 35.1. The number of halogens is 1. The summed E-state index contributed by atoms with van der Waals surface area (Å²) < 4.78 is 26.2. The molecule has 5 rings (SSSR count). The molecule has 1 aromatic heterocycles. The highest BCUT2D eigenvalue weighted by molar-refractivity contribution is 5.96. The topological polar surface area (TPSA) is 193 Å². The van der Waals surface area contributed by atoms with Gasteiger partial charge in [0.05, 0.1) is 12.3 Å². The Morgan fingerprint density at radius 3 is 2.43 bits per heavy atom. The molecular formula is C32H40FN7O9. The monoisotopic (exact) mass is 685 g/mol. The van der Waals surface area contributed by atoms with Gasteiger partial charge in [0.25, 0.3) is 11.8 Å². The molecule has 2 aliphatic heterocycles. The second-order valence-electron chi connectivity index (χ2n) is 12.0. The molecule has 0 unspecified atom stereocenters. The zero-order valence-corrected chi connectivity index (χ0v) is 27.1. The van der Waals surface area contributed by atoms with Crippen molar-refractivity contribution in [3.05, 3.63) is 41.8 Å². The van der Waals surface area contributed by atoms with E-state index in [9.17, 15) is 38.3 Å². The van der Waals surface area contributed by atoms with Gasteiger partial charge >= 0.3 is 12.1 Å². The van der Waals surface area contributed by atoms with Crippen molar-refractivity contribution >= 4 is 35.7 Å². The number of nitrogens with zero attached hydrogens (tertiary/aromatic N) is 5. The maximum Gasteiger partial charge on any atom is 0.409 e. The van der Waals surface area contributed by atoms with Crippen LogP contribution >= 0.6 is 0 Å². The van der Waals surface area contributed by atoms with E-state index in [2.05, 4.69) is 15.7 Å². The van der Waals surface area contributed by atoms with E-state index in [0.717, 1.165) is 23.6 Å². The van der Waals surface area contributed by atoms with Crippen molar-refractivity contribution in [1.82, 2.24) is 35.1 Å². The maximum atomic E-state index is 14.2. The molecule has 1 aromatic carbocycles. The average Bonchev–Trinajstić information content (AvgIpc) is 3.57. The Morgan fingerprint density at radius 1 is 1.02 bits per heavy atom. The fourth-order valence-corrected chi connectivity index (χ4v) is 5.75.